The number of piperazine rings is 1. The molecule has 2 aromatic rings. The first-order chi connectivity index (χ1) is 18.4. The van der Waals surface area contributed by atoms with Gasteiger partial charge < -0.3 is 9.84 Å². The molecule has 2 aliphatic carbocycles. The summed E-state index contributed by atoms with van der Waals surface area (Å²) < 4.78 is 5.92. The maximum atomic E-state index is 13.1. The van der Waals surface area contributed by atoms with E-state index in [0.717, 1.165) is 50.5 Å². The molecule has 2 saturated heterocycles. The first-order valence-corrected chi connectivity index (χ1v) is 14.6. The average molecular weight is 535 g/mol. The van der Waals surface area contributed by atoms with Crippen LogP contribution in [0.1, 0.15) is 50.3 Å². The lowest BCUT2D eigenvalue weighted by molar-refractivity contribution is -0.145. The van der Waals surface area contributed by atoms with E-state index in [1.807, 2.05) is 12.1 Å². The van der Waals surface area contributed by atoms with Crippen molar-refractivity contribution in [3.8, 4) is 0 Å². The molecule has 2 aliphatic heterocycles. The molecule has 3 fully saturated rings. The van der Waals surface area contributed by atoms with E-state index in [2.05, 4.69) is 72.2 Å². The Morgan fingerprint density at radius 3 is 2.45 bits per heavy atom. The molecule has 0 unspecified atom stereocenters. The third kappa shape index (κ3) is 4.52. The maximum absolute atomic E-state index is 13.1. The Bertz CT molecular complexity index is 1180. The van der Waals surface area contributed by atoms with Crippen LogP contribution >= 0.6 is 11.6 Å². The standard InChI is InChI=1S/C32H39ClN2O3/c1-21-7-6-10-24-19-27-28(30(36)32(21,24)2)26(31(37)38-27)20-34-15-17-35(18-16-34)29(22-8-4-3-5-9-22)23-11-13-25(33)14-12-23/h3-5,8-14,21,26-30,36H,6-7,15-20H2,1-2H3/t21-,26+,27-,28+,29-,30+,32-/m1/s1. The summed E-state index contributed by atoms with van der Waals surface area (Å²) in [4.78, 5) is 18.1. The van der Waals surface area contributed by atoms with Crippen molar-refractivity contribution in [2.24, 2.45) is 23.2 Å². The second-order valence-corrected chi connectivity index (χ2v) is 12.4. The van der Waals surface area contributed by atoms with Crippen molar-refractivity contribution in [1.29, 1.82) is 0 Å². The van der Waals surface area contributed by atoms with E-state index in [1.54, 1.807) is 0 Å². The fraction of sp³-hybridized carbons (Fsp3) is 0.531. The highest BCUT2D eigenvalue weighted by molar-refractivity contribution is 6.30. The minimum absolute atomic E-state index is 0.125. The molecular formula is C32H39ClN2O3. The molecule has 2 aromatic carbocycles. The molecule has 38 heavy (non-hydrogen) atoms. The Morgan fingerprint density at radius 1 is 1.05 bits per heavy atom. The van der Waals surface area contributed by atoms with E-state index >= 15 is 0 Å². The van der Waals surface area contributed by atoms with Crippen LogP contribution in [0.3, 0.4) is 0 Å². The van der Waals surface area contributed by atoms with Gasteiger partial charge in [0.15, 0.2) is 0 Å². The largest absolute Gasteiger partial charge is 0.461 e. The summed E-state index contributed by atoms with van der Waals surface area (Å²) in [5.41, 5.74) is 3.54. The SMILES string of the molecule is C[C@@H]1CCC=C2C[C@H]3OC(=O)[C@@H](CN4CCN([C@H](c5ccccc5)c5ccc(Cl)cc5)CC4)[C@@H]3[C@H](O)[C@@]21C. The number of carbonyl (C=O) groups excluding carboxylic acids is 1. The van der Waals surface area contributed by atoms with Gasteiger partial charge in [-0.15, -0.1) is 0 Å². The number of esters is 1. The summed E-state index contributed by atoms with van der Waals surface area (Å²) >= 11 is 6.19. The predicted molar refractivity (Wildman–Crippen MR) is 150 cm³/mol. The molecule has 7 atom stereocenters. The number of hydrogen-bond acceptors (Lipinski definition) is 5. The molecule has 0 spiro atoms. The lowest BCUT2D eigenvalue weighted by Gasteiger charge is -2.52. The number of hydrogen-bond donors (Lipinski definition) is 1. The van der Waals surface area contributed by atoms with Crippen molar-refractivity contribution in [1.82, 2.24) is 9.80 Å². The van der Waals surface area contributed by atoms with Crippen molar-refractivity contribution in [2.45, 2.75) is 51.4 Å². The van der Waals surface area contributed by atoms with Crippen LogP contribution in [0.5, 0.6) is 0 Å². The number of aliphatic hydroxyl groups is 1. The van der Waals surface area contributed by atoms with Gasteiger partial charge >= 0.3 is 5.97 Å². The molecule has 0 aromatic heterocycles. The van der Waals surface area contributed by atoms with Gasteiger partial charge in [-0.2, -0.15) is 0 Å². The molecule has 4 aliphatic rings. The van der Waals surface area contributed by atoms with Crippen molar-refractivity contribution in [2.75, 3.05) is 32.7 Å². The molecule has 6 heteroatoms. The normalized spacial score (nSPS) is 34.7. The minimum atomic E-state index is -0.548. The molecule has 5 nitrogen and oxygen atoms in total. The lowest BCUT2D eigenvalue weighted by Crippen LogP contribution is -2.55. The van der Waals surface area contributed by atoms with Crippen LogP contribution in [-0.2, 0) is 9.53 Å². The van der Waals surface area contributed by atoms with Gasteiger partial charge in [0, 0.05) is 55.5 Å². The monoisotopic (exact) mass is 534 g/mol. The highest BCUT2D eigenvalue weighted by Gasteiger charge is 2.59. The van der Waals surface area contributed by atoms with Crippen LogP contribution in [0.15, 0.2) is 66.2 Å². The van der Waals surface area contributed by atoms with E-state index < -0.39 is 6.10 Å². The van der Waals surface area contributed by atoms with Gasteiger partial charge in [0.1, 0.15) is 6.10 Å². The van der Waals surface area contributed by atoms with E-state index in [0.29, 0.717) is 12.5 Å². The van der Waals surface area contributed by atoms with Gasteiger partial charge in [0.25, 0.3) is 0 Å². The number of fused-ring (bicyclic) bond motifs is 2. The van der Waals surface area contributed by atoms with Crippen LogP contribution in [0.2, 0.25) is 5.02 Å². The number of ether oxygens (including phenoxy) is 1. The van der Waals surface area contributed by atoms with Gasteiger partial charge in [0.05, 0.1) is 18.1 Å². The number of allylic oxidation sites excluding steroid dienone is 1. The zero-order chi connectivity index (χ0) is 26.4. The Morgan fingerprint density at radius 2 is 1.74 bits per heavy atom. The van der Waals surface area contributed by atoms with Gasteiger partial charge in [-0.3, -0.25) is 14.6 Å². The molecular weight excluding hydrogens is 496 g/mol. The summed E-state index contributed by atoms with van der Waals surface area (Å²) in [5, 5.41) is 12.4. The molecule has 202 valence electrons. The van der Waals surface area contributed by atoms with Crippen LogP contribution in [0.25, 0.3) is 0 Å². The Labute approximate surface area is 231 Å². The zero-order valence-corrected chi connectivity index (χ0v) is 23.2. The van der Waals surface area contributed by atoms with Gasteiger partial charge in [0.2, 0.25) is 0 Å². The summed E-state index contributed by atoms with van der Waals surface area (Å²) in [7, 11) is 0. The number of benzene rings is 2. The summed E-state index contributed by atoms with van der Waals surface area (Å²) in [6.45, 7) is 8.70. The van der Waals surface area contributed by atoms with E-state index in [1.165, 1.54) is 16.7 Å². The van der Waals surface area contributed by atoms with E-state index in [-0.39, 0.29) is 35.4 Å². The van der Waals surface area contributed by atoms with Gasteiger partial charge in [-0.05, 0) is 42.0 Å². The molecule has 1 N–H and O–H groups in total. The number of nitrogens with zero attached hydrogens (tertiary/aromatic N) is 2. The second kappa shape index (κ2) is 10.4. The smallest absolute Gasteiger partial charge is 0.311 e. The van der Waals surface area contributed by atoms with Crippen LogP contribution in [0.4, 0.5) is 0 Å². The minimum Gasteiger partial charge on any atom is -0.461 e. The first kappa shape index (κ1) is 26.1. The summed E-state index contributed by atoms with van der Waals surface area (Å²) in [6.07, 6.45) is 4.47. The van der Waals surface area contributed by atoms with Crippen molar-refractivity contribution in [3.05, 3.63) is 82.4 Å². The van der Waals surface area contributed by atoms with E-state index in [4.69, 9.17) is 16.3 Å². The van der Waals surface area contributed by atoms with Crippen molar-refractivity contribution < 1.29 is 14.6 Å². The summed E-state index contributed by atoms with van der Waals surface area (Å²) in [6, 6.07) is 19.0. The summed E-state index contributed by atoms with van der Waals surface area (Å²) in [5.74, 6) is -0.119. The fourth-order valence-corrected chi connectivity index (χ4v) is 7.78. The van der Waals surface area contributed by atoms with Gasteiger partial charge in [-0.1, -0.05) is 79.6 Å². The average Bonchev–Trinajstić information content (AvgIpc) is 3.23. The number of aliphatic hydroxyl groups excluding tert-OH is 1. The van der Waals surface area contributed by atoms with Crippen LogP contribution < -0.4 is 0 Å². The van der Waals surface area contributed by atoms with Crippen LogP contribution in [0, 0.1) is 23.2 Å². The van der Waals surface area contributed by atoms with Crippen molar-refractivity contribution >= 4 is 17.6 Å². The molecule has 0 radical (unpaired) electrons. The topological polar surface area (TPSA) is 53.0 Å². The molecule has 6 rings (SSSR count). The Balaban J connectivity index is 1.16. The quantitative estimate of drug-likeness (QED) is 0.415. The number of carbonyl (C=O) groups is 1. The third-order valence-corrected chi connectivity index (χ3v) is 10.4. The number of rotatable bonds is 5. The third-order valence-electron chi connectivity index (χ3n) is 10.1. The Hall–Kier alpha value is -2.18. The fourth-order valence-electron chi connectivity index (χ4n) is 7.65. The predicted octanol–water partition coefficient (Wildman–Crippen LogP) is 5.33. The van der Waals surface area contributed by atoms with Gasteiger partial charge in [-0.25, -0.2) is 0 Å². The highest BCUT2D eigenvalue weighted by Crippen LogP contribution is 2.56. The van der Waals surface area contributed by atoms with Crippen molar-refractivity contribution in [3.63, 3.8) is 0 Å². The molecule has 2 heterocycles. The maximum Gasteiger partial charge on any atom is 0.311 e. The molecule has 0 bridgehead atoms. The highest BCUT2D eigenvalue weighted by atomic mass is 35.5. The lowest BCUT2D eigenvalue weighted by atomic mass is 9.55. The van der Waals surface area contributed by atoms with Crippen LogP contribution in [-0.4, -0.2) is 65.8 Å². The first-order valence-electron chi connectivity index (χ1n) is 14.2. The second-order valence-electron chi connectivity index (χ2n) is 12.0. The van der Waals surface area contributed by atoms with E-state index in [9.17, 15) is 9.90 Å². The molecule has 1 saturated carbocycles. The molecule has 0 amide bonds. The zero-order valence-electron chi connectivity index (χ0n) is 22.4. The number of halogens is 1. The Kier molecular flexibility index (Phi) is 7.15.